The lowest BCUT2D eigenvalue weighted by atomic mass is 9.88. The van der Waals surface area contributed by atoms with Gasteiger partial charge in [-0.05, 0) is 118 Å². The maximum Gasteiger partial charge on any atom is 0.128 e. The van der Waals surface area contributed by atoms with Gasteiger partial charge in [-0.1, -0.05) is 135 Å². The van der Waals surface area contributed by atoms with Crippen molar-refractivity contribution in [3.05, 3.63) is 212 Å². The van der Waals surface area contributed by atoms with Crippen molar-refractivity contribution in [1.29, 1.82) is 0 Å². The van der Waals surface area contributed by atoms with Gasteiger partial charge in [0, 0.05) is 51.3 Å². The van der Waals surface area contributed by atoms with E-state index in [9.17, 15) is 0 Å². The van der Waals surface area contributed by atoms with E-state index < -0.39 is 8.07 Å². The third-order valence-electron chi connectivity index (χ3n) is 11.2. The first-order valence-electron chi connectivity index (χ1n) is 20.3. The van der Waals surface area contributed by atoms with Crippen molar-refractivity contribution in [2.75, 3.05) is 24.0 Å². The summed E-state index contributed by atoms with van der Waals surface area (Å²) in [6.07, 6.45) is 1.90. The molecule has 0 amide bonds. The topological polar surface area (TPSA) is 24.9 Å². The first-order chi connectivity index (χ1) is 29.2. The number of methoxy groups -OCH3 is 2. The van der Waals surface area contributed by atoms with Gasteiger partial charge in [0.2, 0.25) is 0 Å². The average molecular weight is 799 g/mol. The lowest BCUT2D eigenvalue weighted by molar-refractivity contribution is 0.413. The Labute approximate surface area is 355 Å². The van der Waals surface area contributed by atoms with E-state index >= 15 is 0 Å². The zero-order chi connectivity index (χ0) is 41.8. The zero-order valence-electron chi connectivity index (χ0n) is 35.0. The molecular formula is C55H50N2O2Si. The normalized spacial score (nSPS) is 11.2. The van der Waals surface area contributed by atoms with Gasteiger partial charge >= 0.3 is 0 Å². The number of rotatable bonds is 13. The highest BCUT2D eigenvalue weighted by molar-refractivity contribution is 6.88. The standard InChI is InChI=1S/C55H50N2O2Si/c1-8-50-51(52-34-31-48(38-54(52)59-4)57(44-21-13-10-14-22-44)47-28-25-41-17-15-16-18-42(41)37-47)35-36-53(58-3)55(50)39(2)40-23-26-45(27-24-40)56(43-19-11-9-12-20-43)46-29-32-49(33-30-46)60(5,6)7/h8-38H,1-2H2,3-7H3. The summed E-state index contributed by atoms with van der Waals surface area (Å²) in [5.74, 6) is 1.46. The molecule has 0 unspecified atom stereocenters. The van der Waals surface area contributed by atoms with E-state index in [0.29, 0.717) is 0 Å². The van der Waals surface area contributed by atoms with E-state index in [1.54, 1.807) is 14.2 Å². The first kappa shape index (κ1) is 39.7. The number of hydrogen-bond acceptors (Lipinski definition) is 4. The number of hydrogen-bond donors (Lipinski definition) is 0. The molecule has 0 heterocycles. The van der Waals surface area contributed by atoms with Crippen LogP contribution in [0.5, 0.6) is 11.5 Å². The lowest BCUT2D eigenvalue weighted by Crippen LogP contribution is -2.37. The van der Waals surface area contributed by atoms with E-state index in [2.05, 4.69) is 212 Å². The fourth-order valence-corrected chi connectivity index (χ4v) is 9.17. The Morgan fingerprint density at radius 1 is 0.483 bits per heavy atom. The summed E-state index contributed by atoms with van der Waals surface area (Å²) >= 11 is 0. The second-order valence-electron chi connectivity index (χ2n) is 15.9. The summed E-state index contributed by atoms with van der Waals surface area (Å²) in [6, 6.07) is 64.1. The van der Waals surface area contributed by atoms with E-state index in [-0.39, 0.29) is 0 Å². The second-order valence-corrected chi connectivity index (χ2v) is 21.0. The monoisotopic (exact) mass is 798 g/mol. The molecule has 0 radical (unpaired) electrons. The summed E-state index contributed by atoms with van der Waals surface area (Å²) < 4.78 is 12.2. The van der Waals surface area contributed by atoms with Crippen LogP contribution >= 0.6 is 0 Å². The molecule has 0 N–H and O–H groups in total. The molecule has 0 fully saturated rings. The van der Waals surface area contributed by atoms with Crippen LogP contribution in [-0.4, -0.2) is 22.3 Å². The molecule has 8 rings (SSSR count). The maximum atomic E-state index is 6.19. The van der Waals surface area contributed by atoms with Crippen LogP contribution in [0.25, 0.3) is 33.5 Å². The minimum atomic E-state index is -1.44. The van der Waals surface area contributed by atoms with E-state index in [1.165, 1.54) is 16.0 Å². The molecular weight excluding hydrogens is 749 g/mol. The van der Waals surface area contributed by atoms with Gasteiger partial charge in [0.15, 0.2) is 0 Å². The third-order valence-corrected chi connectivity index (χ3v) is 13.2. The lowest BCUT2D eigenvalue weighted by Gasteiger charge is -2.27. The highest BCUT2D eigenvalue weighted by Gasteiger charge is 2.22. The van der Waals surface area contributed by atoms with Gasteiger partial charge in [0.1, 0.15) is 11.5 Å². The molecule has 0 saturated carbocycles. The molecule has 0 aliphatic rings. The Kier molecular flexibility index (Phi) is 11.3. The van der Waals surface area contributed by atoms with Crippen molar-refractivity contribution < 1.29 is 9.47 Å². The Morgan fingerprint density at radius 3 is 1.55 bits per heavy atom. The smallest absolute Gasteiger partial charge is 0.128 e. The van der Waals surface area contributed by atoms with Gasteiger partial charge in [0.25, 0.3) is 0 Å². The Bertz CT molecular complexity index is 2790. The van der Waals surface area contributed by atoms with Crippen LogP contribution in [-0.2, 0) is 0 Å². The van der Waals surface area contributed by atoms with E-state index in [0.717, 1.165) is 79.0 Å². The van der Waals surface area contributed by atoms with E-state index in [1.807, 2.05) is 18.2 Å². The van der Waals surface area contributed by atoms with Crippen LogP contribution in [0.4, 0.5) is 34.1 Å². The molecule has 0 bridgehead atoms. The van der Waals surface area contributed by atoms with Crippen LogP contribution in [0.2, 0.25) is 19.6 Å². The molecule has 0 aliphatic carbocycles. The van der Waals surface area contributed by atoms with Crippen molar-refractivity contribution in [3.8, 4) is 22.6 Å². The summed E-state index contributed by atoms with van der Waals surface area (Å²) in [7, 11) is 1.98. The Balaban J connectivity index is 1.17. The molecule has 296 valence electrons. The minimum absolute atomic E-state index is 0.721. The molecule has 0 aromatic heterocycles. The van der Waals surface area contributed by atoms with Gasteiger partial charge in [-0.3, -0.25) is 0 Å². The second kappa shape index (κ2) is 17.0. The minimum Gasteiger partial charge on any atom is -0.496 e. The van der Waals surface area contributed by atoms with Crippen LogP contribution in [0.1, 0.15) is 16.7 Å². The largest absolute Gasteiger partial charge is 0.496 e. The zero-order valence-corrected chi connectivity index (χ0v) is 36.0. The van der Waals surface area contributed by atoms with Crippen LogP contribution in [0.15, 0.2) is 195 Å². The summed E-state index contributed by atoms with van der Waals surface area (Å²) in [6.45, 7) is 16.1. The number of fused-ring (bicyclic) bond motifs is 1. The summed E-state index contributed by atoms with van der Waals surface area (Å²) in [4.78, 5) is 4.56. The van der Waals surface area contributed by atoms with Crippen molar-refractivity contribution in [2.45, 2.75) is 19.6 Å². The molecule has 8 aromatic carbocycles. The van der Waals surface area contributed by atoms with E-state index in [4.69, 9.17) is 9.47 Å². The number of anilines is 6. The van der Waals surface area contributed by atoms with Gasteiger partial charge in [0.05, 0.1) is 22.3 Å². The number of benzene rings is 8. The molecule has 4 nitrogen and oxygen atoms in total. The number of para-hydroxylation sites is 2. The molecule has 5 heteroatoms. The van der Waals surface area contributed by atoms with Crippen molar-refractivity contribution >= 4 is 69.8 Å². The predicted molar refractivity (Wildman–Crippen MR) is 260 cm³/mol. The summed E-state index contributed by atoms with van der Waals surface area (Å²) in [5, 5.41) is 3.81. The fourth-order valence-electron chi connectivity index (χ4n) is 8.00. The van der Waals surface area contributed by atoms with Crippen LogP contribution in [0.3, 0.4) is 0 Å². The maximum absolute atomic E-state index is 6.19. The Morgan fingerprint density at radius 2 is 0.967 bits per heavy atom. The Hall–Kier alpha value is -7.08. The molecule has 0 aliphatic heterocycles. The number of nitrogens with zero attached hydrogens (tertiary/aromatic N) is 2. The predicted octanol–water partition coefficient (Wildman–Crippen LogP) is 14.7. The van der Waals surface area contributed by atoms with Crippen LogP contribution in [0, 0.1) is 0 Å². The first-order valence-corrected chi connectivity index (χ1v) is 23.8. The highest BCUT2D eigenvalue weighted by Crippen LogP contribution is 2.45. The SMILES string of the molecule is C=Cc1c(-c2ccc(N(c3ccccc3)c3ccc4ccccc4c3)cc2OC)ccc(OC)c1C(=C)c1ccc(N(c2ccccc2)c2ccc([Si](C)(C)C)cc2)cc1. The summed E-state index contributed by atoms with van der Waals surface area (Å²) in [5.41, 5.74) is 11.9. The number of ether oxygens (including phenoxy) is 2. The molecule has 0 spiro atoms. The van der Waals surface area contributed by atoms with Crippen molar-refractivity contribution in [1.82, 2.24) is 0 Å². The molecule has 0 saturated heterocycles. The average Bonchev–Trinajstić information content (AvgIpc) is 3.29. The van der Waals surface area contributed by atoms with Crippen LogP contribution < -0.4 is 24.5 Å². The van der Waals surface area contributed by atoms with Crippen molar-refractivity contribution in [3.63, 3.8) is 0 Å². The fraction of sp³-hybridized carbons (Fsp3) is 0.0909. The molecule has 0 atom stereocenters. The van der Waals surface area contributed by atoms with Gasteiger partial charge in [-0.25, -0.2) is 0 Å². The van der Waals surface area contributed by atoms with Gasteiger partial charge in [-0.15, -0.1) is 0 Å². The third kappa shape index (κ3) is 7.88. The highest BCUT2D eigenvalue weighted by atomic mass is 28.3. The van der Waals surface area contributed by atoms with Crippen molar-refractivity contribution in [2.24, 2.45) is 0 Å². The quantitative estimate of drug-likeness (QED) is 0.108. The molecule has 8 aromatic rings. The molecule has 60 heavy (non-hydrogen) atoms. The van der Waals surface area contributed by atoms with Gasteiger partial charge in [-0.2, -0.15) is 0 Å². The van der Waals surface area contributed by atoms with Gasteiger partial charge < -0.3 is 19.3 Å².